The molecule has 0 aliphatic rings. The summed E-state index contributed by atoms with van der Waals surface area (Å²) in [7, 11) is 0. The van der Waals surface area contributed by atoms with Crippen molar-refractivity contribution in [3.63, 3.8) is 0 Å². The van der Waals surface area contributed by atoms with Crippen molar-refractivity contribution in [2.24, 2.45) is 0 Å². The number of fused-ring (bicyclic) bond motifs is 1. The maximum absolute atomic E-state index is 13.6. The molecule has 0 spiro atoms. The van der Waals surface area contributed by atoms with Crippen molar-refractivity contribution in [3.05, 3.63) is 113 Å². The number of carbonyl (C=O) groups excluding carboxylic acids is 2. The van der Waals surface area contributed by atoms with Crippen molar-refractivity contribution in [2.75, 3.05) is 0 Å². The molecule has 204 valence electrons. The summed E-state index contributed by atoms with van der Waals surface area (Å²) in [5.41, 5.74) is 1.30. The number of aromatic nitrogens is 3. The Bertz CT molecular complexity index is 1650. The largest absolute Gasteiger partial charge is 0.467 e. The first-order chi connectivity index (χ1) is 19.5. The fourth-order valence-electron chi connectivity index (χ4n) is 4.07. The van der Waals surface area contributed by atoms with E-state index < -0.39 is 5.25 Å². The fourth-order valence-corrected chi connectivity index (χ4v) is 5.10. The summed E-state index contributed by atoms with van der Waals surface area (Å²) < 4.78 is 12.3. The number of furan rings is 2. The summed E-state index contributed by atoms with van der Waals surface area (Å²) in [6.45, 7) is 2.62. The SMILES string of the molecule is CC[C@H](Sc1nc2cc(C(=O)NCc3ccco3)ccc2c(=O)n1Cc1ccco1)C(=O)NCc1cccnc1. The zero-order valence-corrected chi connectivity index (χ0v) is 22.5. The molecule has 0 unspecified atom stereocenters. The third kappa shape index (κ3) is 6.32. The maximum atomic E-state index is 13.6. The molecule has 2 amide bonds. The number of pyridine rings is 1. The van der Waals surface area contributed by atoms with Crippen LogP contribution in [0.1, 0.15) is 40.8 Å². The van der Waals surface area contributed by atoms with Crippen LogP contribution >= 0.6 is 11.8 Å². The van der Waals surface area contributed by atoms with Crippen molar-refractivity contribution in [1.29, 1.82) is 0 Å². The van der Waals surface area contributed by atoms with Crippen LogP contribution in [0.25, 0.3) is 10.9 Å². The van der Waals surface area contributed by atoms with Crippen LogP contribution in [-0.2, 0) is 24.4 Å². The molecule has 0 fully saturated rings. The molecule has 0 radical (unpaired) electrons. The lowest BCUT2D eigenvalue weighted by Gasteiger charge is -2.18. The Morgan fingerprint density at radius 2 is 1.80 bits per heavy atom. The van der Waals surface area contributed by atoms with E-state index in [0.717, 1.165) is 5.56 Å². The number of rotatable bonds is 11. The Hall–Kier alpha value is -4.64. The van der Waals surface area contributed by atoms with Gasteiger partial charge in [-0.15, -0.1) is 0 Å². The maximum Gasteiger partial charge on any atom is 0.262 e. The first-order valence-electron chi connectivity index (χ1n) is 12.7. The highest BCUT2D eigenvalue weighted by molar-refractivity contribution is 8.00. The molecule has 5 rings (SSSR count). The number of amides is 2. The van der Waals surface area contributed by atoms with E-state index in [1.807, 2.05) is 19.1 Å². The minimum absolute atomic E-state index is 0.149. The molecule has 10 nitrogen and oxygen atoms in total. The number of carbonyl (C=O) groups is 2. The lowest BCUT2D eigenvalue weighted by atomic mass is 10.1. The van der Waals surface area contributed by atoms with Gasteiger partial charge in [-0.1, -0.05) is 24.8 Å². The van der Waals surface area contributed by atoms with Crippen LogP contribution < -0.4 is 16.2 Å². The van der Waals surface area contributed by atoms with Crippen LogP contribution in [-0.4, -0.2) is 31.6 Å². The average Bonchev–Trinajstić information content (AvgIpc) is 3.70. The highest BCUT2D eigenvalue weighted by Gasteiger charge is 2.23. The first kappa shape index (κ1) is 26.9. The molecule has 2 N–H and O–H groups in total. The summed E-state index contributed by atoms with van der Waals surface area (Å²) >= 11 is 1.20. The topological polar surface area (TPSA) is 132 Å². The minimum Gasteiger partial charge on any atom is -0.467 e. The van der Waals surface area contributed by atoms with E-state index in [9.17, 15) is 14.4 Å². The summed E-state index contributed by atoms with van der Waals surface area (Å²) in [6.07, 6.45) is 6.96. The molecule has 0 bridgehead atoms. The third-order valence-electron chi connectivity index (χ3n) is 6.18. The molecule has 1 aromatic carbocycles. The number of nitrogens with one attached hydrogen (secondary N) is 2. The summed E-state index contributed by atoms with van der Waals surface area (Å²) in [4.78, 5) is 48.4. The van der Waals surface area contributed by atoms with Gasteiger partial charge < -0.3 is 19.5 Å². The van der Waals surface area contributed by atoms with Gasteiger partial charge in [0, 0.05) is 24.5 Å². The number of hydrogen-bond acceptors (Lipinski definition) is 8. The van der Waals surface area contributed by atoms with Crippen molar-refractivity contribution in [2.45, 2.75) is 43.4 Å². The molecular formula is C29H27N5O5S. The molecule has 40 heavy (non-hydrogen) atoms. The van der Waals surface area contributed by atoms with Crippen LogP contribution in [0.15, 0.2) is 98.3 Å². The molecule has 0 aliphatic carbocycles. The average molecular weight is 558 g/mol. The molecular weight excluding hydrogens is 530 g/mol. The molecule has 1 atom stereocenters. The van der Waals surface area contributed by atoms with Gasteiger partial charge in [0.05, 0.1) is 41.8 Å². The zero-order chi connectivity index (χ0) is 27.9. The van der Waals surface area contributed by atoms with E-state index in [1.54, 1.807) is 54.9 Å². The summed E-state index contributed by atoms with van der Waals surface area (Å²) in [5.74, 6) is 0.698. The standard InChI is InChI=1S/C29H27N5O5S/c1-2-25(27(36)31-16-19-6-3-11-30-15-19)40-29-33-24-14-20(26(35)32-17-21-7-4-12-38-21)9-10-23(24)28(37)34(29)18-22-8-5-13-39-22/h3-15,25H,2,16-18H2,1H3,(H,31,36)(H,32,35)/t25-/m0/s1. The van der Waals surface area contributed by atoms with Gasteiger partial charge in [-0.05, 0) is 60.5 Å². The quantitative estimate of drug-likeness (QED) is 0.183. The van der Waals surface area contributed by atoms with Crippen molar-refractivity contribution < 1.29 is 18.4 Å². The van der Waals surface area contributed by atoms with E-state index in [0.29, 0.717) is 46.1 Å². The van der Waals surface area contributed by atoms with E-state index in [2.05, 4.69) is 15.6 Å². The van der Waals surface area contributed by atoms with Gasteiger partial charge in [0.2, 0.25) is 5.91 Å². The molecule has 0 saturated carbocycles. The molecule has 0 saturated heterocycles. The second-order valence-electron chi connectivity index (χ2n) is 8.95. The predicted octanol–water partition coefficient (Wildman–Crippen LogP) is 4.14. The number of thioether (sulfide) groups is 1. The molecule has 0 aliphatic heterocycles. The highest BCUT2D eigenvalue weighted by Crippen LogP contribution is 2.26. The van der Waals surface area contributed by atoms with E-state index in [4.69, 9.17) is 13.8 Å². The van der Waals surface area contributed by atoms with Crippen LogP contribution in [0.5, 0.6) is 0 Å². The number of hydrogen-bond donors (Lipinski definition) is 2. The summed E-state index contributed by atoms with van der Waals surface area (Å²) in [6, 6.07) is 15.5. The van der Waals surface area contributed by atoms with Gasteiger partial charge in [-0.25, -0.2) is 4.98 Å². The van der Waals surface area contributed by atoms with E-state index in [1.165, 1.54) is 28.9 Å². The van der Waals surface area contributed by atoms with Crippen LogP contribution in [0.2, 0.25) is 0 Å². The van der Waals surface area contributed by atoms with Gasteiger partial charge in [0.1, 0.15) is 11.5 Å². The van der Waals surface area contributed by atoms with Crippen LogP contribution in [0.3, 0.4) is 0 Å². The molecule has 11 heteroatoms. The lowest BCUT2D eigenvalue weighted by molar-refractivity contribution is -0.120. The Labute approximate surface area is 233 Å². The van der Waals surface area contributed by atoms with Crippen LogP contribution in [0.4, 0.5) is 0 Å². The number of benzene rings is 1. The number of nitrogens with zero attached hydrogens (tertiary/aromatic N) is 3. The zero-order valence-electron chi connectivity index (χ0n) is 21.7. The Balaban J connectivity index is 1.43. The lowest BCUT2D eigenvalue weighted by Crippen LogP contribution is -2.33. The highest BCUT2D eigenvalue weighted by atomic mass is 32.2. The van der Waals surface area contributed by atoms with Crippen molar-refractivity contribution >= 4 is 34.5 Å². The second kappa shape index (κ2) is 12.5. The van der Waals surface area contributed by atoms with Gasteiger partial charge in [-0.3, -0.25) is 23.9 Å². The smallest absolute Gasteiger partial charge is 0.262 e. The fraction of sp³-hybridized carbons (Fsp3) is 0.207. The normalized spacial score (nSPS) is 11.8. The van der Waals surface area contributed by atoms with Gasteiger partial charge >= 0.3 is 0 Å². The van der Waals surface area contributed by atoms with Gasteiger partial charge in [0.15, 0.2) is 5.16 Å². The van der Waals surface area contributed by atoms with Gasteiger partial charge in [-0.2, -0.15) is 0 Å². The summed E-state index contributed by atoms with van der Waals surface area (Å²) in [5, 5.41) is 5.94. The Morgan fingerprint density at radius 1 is 1.00 bits per heavy atom. The van der Waals surface area contributed by atoms with E-state index in [-0.39, 0.29) is 30.5 Å². The molecule has 4 heterocycles. The Morgan fingerprint density at radius 3 is 2.50 bits per heavy atom. The second-order valence-corrected chi connectivity index (χ2v) is 10.1. The van der Waals surface area contributed by atoms with Crippen molar-refractivity contribution in [1.82, 2.24) is 25.2 Å². The first-order valence-corrected chi connectivity index (χ1v) is 13.6. The van der Waals surface area contributed by atoms with Crippen molar-refractivity contribution in [3.8, 4) is 0 Å². The monoisotopic (exact) mass is 557 g/mol. The Kier molecular flexibility index (Phi) is 8.41. The molecule has 5 aromatic rings. The minimum atomic E-state index is -0.511. The molecule has 4 aromatic heterocycles. The predicted molar refractivity (Wildman–Crippen MR) is 150 cm³/mol. The van der Waals surface area contributed by atoms with Gasteiger partial charge in [0.25, 0.3) is 11.5 Å². The van der Waals surface area contributed by atoms with Crippen LogP contribution in [0, 0.1) is 0 Å². The third-order valence-corrected chi connectivity index (χ3v) is 7.53. The van der Waals surface area contributed by atoms with E-state index >= 15 is 0 Å².